The molecule has 1 saturated carbocycles. The van der Waals surface area contributed by atoms with Crippen molar-refractivity contribution in [3.8, 4) is 17.0 Å². The lowest BCUT2D eigenvalue weighted by atomic mass is 9.90. The van der Waals surface area contributed by atoms with E-state index in [1.54, 1.807) is 12.3 Å². The van der Waals surface area contributed by atoms with Crippen molar-refractivity contribution in [1.82, 2.24) is 4.98 Å². The molecule has 2 aliphatic rings. The van der Waals surface area contributed by atoms with Gasteiger partial charge in [0, 0.05) is 23.7 Å². The number of carboxylic acids is 1. The van der Waals surface area contributed by atoms with Gasteiger partial charge in [0.05, 0.1) is 11.5 Å². The summed E-state index contributed by atoms with van der Waals surface area (Å²) in [6, 6.07) is 11.4. The molecule has 2 aliphatic carbocycles. The second-order valence-electron chi connectivity index (χ2n) is 11.3. The van der Waals surface area contributed by atoms with E-state index in [2.05, 4.69) is 31.0 Å². The summed E-state index contributed by atoms with van der Waals surface area (Å²) < 4.78 is 20.6. The predicted octanol–water partition coefficient (Wildman–Crippen LogP) is 6.15. The van der Waals surface area contributed by atoms with Gasteiger partial charge in [-0.15, -0.1) is 0 Å². The van der Waals surface area contributed by atoms with Gasteiger partial charge in [0.2, 0.25) is 5.88 Å². The zero-order valence-corrected chi connectivity index (χ0v) is 21.8. The maximum atomic E-state index is 14.7. The highest BCUT2D eigenvalue weighted by molar-refractivity contribution is 5.77. The first-order valence-corrected chi connectivity index (χ1v) is 13.0. The van der Waals surface area contributed by atoms with Crippen LogP contribution in [-0.4, -0.2) is 26.8 Å². The number of aryl methyl sites for hydroxylation is 3. The molecule has 6 heteroatoms. The fourth-order valence-electron chi connectivity index (χ4n) is 6.05. The molecule has 2 N–H and O–H groups in total. The van der Waals surface area contributed by atoms with Crippen molar-refractivity contribution in [3.63, 3.8) is 0 Å². The van der Waals surface area contributed by atoms with E-state index in [0.717, 1.165) is 59.1 Å². The smallest absolute Gasteiger partial charge is 0.307 e. The van der Waals surface area contributed by atoms with E-state index in [1.165, 1.54) is 11.6 Å². The Morgan fingerprint density at radius 2 is 1.89 bits per heavy atom. The van der Waals surface area contributed by atoms with Gasteiger partial charge in [-0.3, -0.25) is 4.79 Å². The van der Waals surface area contributed by atoms with Gasteiger partial charge in [0.1, 0.15) is 12.4 Å². The number of fused-ring (bicyclic) bond motifs is 3. The van der Waals surface area contributed by atoms with Gasteiger partial charge in [0.15, 0.2) is 0 Å². The minimum Gasteiger partial charge on any atom is -0.481 e. The van der Waals surface area contributed by atoms with Gasteiger partial charge in [-0.05, 0) is 110 Å². The molecular formula is C31H34FNO4. The van der Waals surface area contributed by atoms with E-state index in [-0.39, 0.29) is 30.2 Å². The molecule has 37 heavy (non-hydrogen) atoms. The molecule has 194 valence electrons. The topological polar surface area (TPSA) is 79.7 Å². The Bertz CT molecular complexity index is 1340. The zero-order valence-electron chi connectivity index (χ0n) is 21.8. The number of carbonyl (C=O) groups is 1. The summed E-state index contributed by atoms with van der Waals surface area (Å²) in [6.07, 6.45) is 5.02. The number of ether oxygens (including phenoxy) is 1. The fourth-order valence-corrected chi connectivity index (χ4v) is 6.05. The molecule has 1 fully saturated rings. The van der Waals surface area contributed by atoms with Crippen molar-refractivity contribution in [2.75, 3.05) is 0 Å². The average molecular weight is 504 g/mol. The standard InChI is InChI=1S/C31H34FNO4/c1-17-10-19(6-5-9-31(3,4)36)11-18(2)27(17)20-7-8-25(32)22(12-20)16-37-26-14-21-13-23-28(24(21)15-33-26)29(23)30(34)35/h7-8,10-12,14-15,23,28-29,36H,5-6,9,13,16H2,1-4H3,(H,34,35). The molecular weight excluding hydrogens is 469 g/mol. The summed E-state index contributed by atoms with van der Waals surface area (Å²) in [6.45, 7) is 7.89. The van der Waals surface area contributed by atoms with Crippen molar-refractivity contribution >= 4 is 5.97 Å². The van der Waals surface area contributed by atoms with Crippen LogP contribution in [0.4, 0.5) is 4.39 Å². The first-order valence-electron chi connectivity index (χ1n) is 13.0. The van der Waals surface area contributed by atoms with E-state index in [4.69, 9.17) is 4.74 Å². The Hall–Kier alpha value is -3.25. The molecule has 0 spiro atoms. The summed E-state index contributed by atoms with van der Waals surface area (Å²) in [5.41, 5.74) is 7.44. The lowest BCUT2D eigenvalue weighted by molar-refractivity contribution is -0.139. The van der Waals surface area contributed by atoms with E-state index < -0.39 is 11.6 Å². The van der Waals surface area contributed by atoms with Crippen molar-refractivity contribution in [3.05, 3.63) is 81.8 Å². The minimum atomic E-state index is -0.734. The molecule has 0 bridgehead atoms. The van der Waals surface area contributed by atoms with E-state index in [0.29, 0.717) is 11.4 Å². The van der Waals surface area contributed by atoms with Gasteiger partial charge in [0.25, 0.3) is 0 Å². The van der Waals surface area contributed by atoms with Crippen molar-refractivity contribution in [2.24, 2.45) is 11.8 Å². The summed E-state index contributed by atoms with van der Waals surface area (Å²) >= 11 is 0. The third kappa shape index (κ3) is 5.26. The van der Waals surface area contributed by atoms with Crippen LogP contribution in [0.1, 0.15) is 66.0 Å². The fraction of sp³-hybridized carbons (Fsp3) is 0.419. The van der Waals surface area contributed by atoms with Crippen LogP contribution in [0.5, 0.6) is 5.88 Å². The molecule has 0 saturated heterocycles. The number of nitrogens with zero attached hydrogens (tertiary/aromatic N) is 1. The van der Waals surface area contributed by atoms with Gasteiger partial charge in [-0.1, -0.05) is 18.2 Å². The Kier molecular flexibility index (Phi) is 6.57. The number of hydrogen-bond acceptors (Lipinski definition) is 4. The summed E-state index contributed by atoms with van der Waals surface area (Å²) in [4.78, 5) is 15.7. The number of carboxylic acid groups (broad SMARTS) is 1. The molecule has 3 atom stereocenters. The Labute approximate surface area is 217 Å². The molecule has 0 radical (unpaired) electrons. The highest BCUT2D eigenvalue weighted by Gasteiger charge is 2.59. The number of hydrogen-bond donors (Lipinski definition) is 2. The third-order valence-electron chi connectivity index (χ3n) is 7.82. The number of pyridine rings is 1. The third-order valence-corrected chi connectivity index (χ3v) is 7.82. The Morgan fingerprint density at radius 1 is 1.16 bits per heavy atom. The molecule has 0 aliphatic heterocycles. The van der Waals surface area contributed by atoms with E-state index in [1.807, 2.05) is 26.0 Å². The highest BCUT2D eigenvalue weighted by Crippen LogP contribution is 2.61. The second kappa shape index (κ2) is 9.56. The number of aliphatic hydroxyl groups is 1. The quantitative estimate of drug-likeness (QED) is 0.366. The van der Waals surface area contributed by atoms with Crippen LogP contribution in [0.3, 0.4) is 0 Å². The SMILES string of the molecule is Cc1cc(CCCC(C)(C)O)cc(C)c1-c1ccc(F)c(COc2cc3c(cn2)C2C(C3)C2C(=O)O)c1. The van der Waals surface area contributed by atoms with Crippen molar-refractivity contribution in [2.45, 2.75) is 71.5 Å². The van der Waals surface area contributed by atoms with Crippen molar-refractivity contribution in [1.29, 1.82) is 0 Å². The van der Waals surface area contributed by atoms with E-state index in [9.17, 15) is 19.4 Å². The van der Waals surface area contributed by atoms with Gasteiger partial charge >= 0.3 is 5.97 Å². The second-order valence-corrected chi connectivity index (χ2v) is 11.3. The van der Waals surface area contributed by atoms with Gasteiger partial charge < -0.3 is 14.9 Å². The molecule has 5 nitrogen and oxygen atoms in total. The van der Waals surface area contributed by atoms with Crippen LogP contribution < -0.4 is 4.74 Å². The van der Waals surface area contributed by atoms with Crippen LogP contribution >= 0.6 is 0 Å². The van der Waals surface area contributed by atoms with Crippen molar-refractivity contribution < 1.29 is 24.1 Å². The lowest BCUT2D eigenvalue weighted by Gasteiger charge is -2.18. The maximum absolute atomic E-state index is 14.7. The molecule has 2 aromatic carbocycles. The van der Waals surface area contributed by atoms with Gasteiger partial charge in [-0.25, -0.2) is 9.37 Å². The highest BCUT2D eigenvalue weighted by atomic mass is 19.1. The normalized spacial score (nSPS) is 19.9. The minimum absolute atomic E-state index is 0.0587. The molecule has 1 aromatic heterocycles. The number of benzene rings is 2. The van der Waals surface area contributed by atoms with Crippen LogP contribution in [0.25, 0.3) is 11.1 Å². The molecule has 3 aromatic rings. The number of halogens is 1. The zero-order chi connectivity index (χ0) is 26.5. The summed E-state index contributed by atoms with van der Waals surface area (Å²) in [5, 5.41) is 19.3. The van der Waals surface area contributed by atoms with E-state index >= 15 is 0 Å². The largest absolute Gasteiger partial charge is 0.481 e. The first-order chi connectivity index (χ1) is 17.5. The van der Waals surface area contributed by atoms with Crippen LogP contribution in [0.15, 0.2) is 42.6 Å². The van der Waals surface area contributed by atoms with Crippen LogP contribution in [-0.2, 0) is 24.2 Å². The van der Waals surface area contributed by atoms with Crippen LogP contribution in [0, 0.1) is 31.5 Å². The summed E-state index contributed by atoms with van der Waals surface area (Å²) in [7, 11) is 0. The number of aromatic nitrogens is 1. The Morgan fingerprint density at radius 3 is 2.57 bits per heavy atom. The summed E-state index contributed by atoms with van der Waals surface area (Å²) in [5.74, 6) is -0.678. The lowest BCUT2D eigenvalue weighted by Crippen LogP contribution is -2.18. The molecule has 3 unspecified atom stereocenters. The average Bonchev–Trinajstić information content (AvgIpc) is 3.40. The molecule has 5 rings (SSSR count). The molecule has 1 heterocycles. The molecule has 0 amide bonds. The van der Waals surface area contributed by atoms with Crippen LogP contribution in [0.2, 0.25) is 0 Å². The maximum Gasteiger partial charge on any atom is 0.307 e. The number of rotatable bonds is 9. The monoisotopic (exact) mass is 503 g/mol. The first kappa shape index (κ1) is 25.4. The predicted molar refractivity (Wildman–Crippen MR) is 140 cm³/mol. The number of aliphatic carboxylic acids is 1. The Balaban J connectivity index is 1.29. The van der Waals surface area contributed by atoms with Gasteiger partial charge in [-0.2, -0.15) is 0 Å².